The number of rotatable bonds is 5. The van der Waals surface area contributed by atoms with E-state index in [1.807, 2.05) is 6.92 Å². The van der Waals surface area contributed by atoms with Crippen LogP contribution in [0.15, 0.2) is 16.6 Å². The van der Waals surface area contributed by atoms with Crippen molar-refractivity contribution in [2.45, 2.75) is 26.8 Å². The Bertz CT molecular complexity index is 606. The normalized spacial score (nSPS) is 12.9. The molecule has 0 aliphatic rings. The van der Waals surface area contributed by atoms with Gasteiger partial charge in [0.15, 0.2) is 17.5 Å². The highest BCUT2D eigenvalue weighted by atomic mass is 79.9. The predicted molar refractivity (Wildman–Crippen MR) is 78.0 cm³/mol. The van der Waals surface area contributed by atoms with Crippen LogP contribution in [0.25, 0.3) is 5.69 Å². The molecule has 1 heterocycles. The molecule has 0 bridgehead atoms. The second-order valence-corrected chi connectivity index (χ2v) is 6.11. The van der Waals surface area contributed by atoms with Gasteiger partial charge in [0.05, 0.1) is 6.04 Å². The number of hydrogen-bond donors (Lipinski definition) is 1. The molecule has 2 rings (SSSR count). The minimum Gasteiger partial charge on any atom is -0.307 e. The molecule has 1 unspecified atom stereocenters. The Balaban J connectivity index is 2.37. The molecule has 0 aliphatic heterocycles. The Morgan fingerprint density at radius 3 is 2.43 bits per heavy atom. The van der Waals surface area contributed by atoms with Gasteiger partial charge in [-0.2, -0.15) is 4.68 Å². The Morgan fingerprint density at radius 1 is 1.24 bits per heavy atom. The zero-order valence-corrected chi connectivity index (χ0v) is 13.5. The van der Waals surface area contributed by atoms with E-state index in [1.54, 1.807) is 0 Å². The molecule has 0 aliphatic carbocycles. The fraction of sp³-hybridized carbons (Fsp3) is 0.462. The van der Waals surface area contributed by atoms with E-state index in [0.717, 1.165) is 11.2 Å². The molecule has 1 aromatic carbocycles. The molecular weight excluding hydrogens is 344 g/mol. The summed E-state index contributed by atoms with van der Waals surface area (Å²) in [5, 5.41) is 14.3. The first-order chi connectivity index (χ1) is 9.90. The van der Waals surface area contributed by atoms with E-state index < -0.39 is 11.6 Å². The lowest BCUT2D eigenvalue weighted by Gasteiger charge is -2.15. The molecule has 0 radical (unpaired) electrons. The van der Waals surface area contributed by atoms with Gasteiger partial charge in [-0.25, -0.2) is 8.78 Å². The maximum atomic E-state index is 14.0. The topological polar surface area (TPSA) is 55.6 Å². The van der Waals surface area contributed by atoms with E-state index in [2.05, 4.69) is 50.6 Å². The van der Waals surface area contributed by atoms with E-state index in [9.17, 15) is 8.78 Å². The summed E-state index contributed by atoms with van der Waals surface area (Å²) in [6.45, 7) is 6.73. The van der Waals surface area contributed by atoms with Gasteiger partial charge < -0.3 is 5.32 Å². The molecule has 8 heteroatoms. The molecular formula is C13H16BrF2N5. The lowest BCUT2D eigenvalue weighted by atomic mass is 10.2. The first-order valence-electron chi connectivity index (χ1n) is 6.56. The molecule has 1 atom stereocenters. The average Bonchev–Trinajstić information content (AvgIpc) is 2.83. The van der Waals surface area contributed by atoms with Crippen molar-refractivity contribution < 1.29 is 8.78 Å². The monoisotopic (exact) mass is 359 g/mol. The van der Waals surface area contributed by atoms with Gasteiger partial charge in [-0.3, -0.25) is 0 Å². The van der Waals surface area contributed by atoms with Crippen molar-refractivity contribution in [3.05, 3.63) is 34.1 Å². The Kier molecular flexibility index (Phi) is 5.00. The van der Waals surface area contributed by atoms with E-state index in [0.29, 0.717) is 16.2 Å². The van der Waals surface area contributed by atoms with Gasteiger partial charge in [0.1, 0.15) is 5.69 Å². The number of hydrogen-bond acceptors (Lipinski definition) is 4. The summed E-state index contributed by atoms with van der Waals surface area (Å²) >= 11 is 3.05. The van der Waals surface area contributed by atoms with E-state index >= 15 is 0 Å². The molecule has 2 aromatic rings. The highest BCUT2D eigenvalue weighted by Gasteiger charge is 2.21. The van der Waals surface area contributed by atoms with Gasteiger partial charge in [-0.15, -0.1) is 5.10 Å². The first-order valence-corrected chi connectivity index (χ1v) is 7.36. The van der Waals surface area contributed by atoms with Crippen molar-refractivity contribution in [1.29, 1.82) is 0 Å². The van der Waals surface area contributed by atoms with Crippen LogP contribution in [0, 0.1) is 17.6 Å². The van der Waals surface area contributed by atoms with Crippen LogP contribution >= 0.6 is 15.9 Å². The van der Waals surface area contributed by atoms with Gasteiger partial charge in [0.25, 0.3) is 0 Å². The van der Waals surface area contributed by atoms with Crippen molar-refractivity contribution >= 4 is 15.9 Å². The minimum absolute atomic E-state index is 0.232. The molecule has 0 saturated heterocycles. The number of tetrazole rings is 1. The lowest BCUT2D eigenvalue weighted by molar-refractivity contribution is 0.469. The van der Waals surface area contributed by atoms with Crippen LogP contribution in [0.2, 0.25) is 0 Å². The van der Waals surface area contributed by atoms with Crippen molar-refractivity contribution in [1.82, 2.24) is 25.5 Å². The van der Waals surface area contributed by atoms with Gasteiger partial charge in [-0.05, 0) is 41.9 Å². The van der Waals surface area contributed by atoms with Crippen molar-refractivity contribution in [2.24, 2.45) is 5.92 Å². The van der Waals surface area contributed by atoms with E-state index in [-0.39, 0.29) is 11.7 Å². The van der Waals surface area contributed by atoms with Crippen LogP contribution in [-0.2, 0) is 0 Å². The third-order valence-electron chi connectivity index (χ3n) is 2.91. The minimum atomic E-state index is -0.730. The smallest absolute Gasteiger partial charge is 0.173 e. The SMILES string of the molecule is CC(C)CNC(C)c1nnnn1-c1c(F)cc(Br)cc1F. The quantitative estimate of drug-likeness (QED) is 0.891. The number of halogens is 3. The second kappa shape index (κ2) is 6.57. The fourth-order valence-corrected chi connectivity index (χ4v) is 2.27. The summed E-state index contributed by atoms with van der Waals surface area (Å²) < 4.78 is 29.5. The Hall–Kier alpha value is -1.41. The molecule has 1 N–H and O–H groups in total. The number of nitrogens with one attached hydrogen (secondary N) is 1. The van der Waals surface area contributed by atoms with Crippen LogP contribution in [0.1, 0.15) is 32.6 Å². The predicted octanol–water partition coefficient (Wildman–Crippen LogP) is 3.01. The maximum Gasteiger partial charge on any atom is 0.173 e. The number of nitrogens with zero attached hydrogens (tertiary/aromatic N) is 4. The zero-order chi connectivity index (χ0) is 15.6. The standard InChI is InChI=1S/C13H16BrF2N5/c1-7(2)6-17-8(3)13-18-19-20-21(13)12-10(15)4-9(14)5-11(12)16/h4-5,7-8,17H,6H2,1-3H3. The summed E-state index contributed by atoms with van der Waals surface area (Å²) in [7, 11) is 0. The zero-order valence-electron chi connectivity index (χ0n) is 11.9. The van der Waals surface area contributed by atoms with Gasteiger partial charge in [-0.1, -0.05) is 29.8 Å². The average molecular weight is 360 g/mol. The van der Waals surface area contributed by atoms with Crippen LogP contribution in [0.3, 0.4) is 0 Å². The first kappa shape index (κ1) is 16.0. The molecule has 0 saturated carbocycles. The van der Waals surface area contributed by atoms with Crippen molar-refractivity contribution in [2.75, 3.05) is 6.54 Å². The van der Waals surface area contributed by atoms with Crippen LogP contribution in [0.4, 0.5) is 8.78 Å². The molecule has 0 spiro atoms. The molecule has 21 heavy (non-hydrogen) atoms. The summed E-state index contributed by atoms with van der Waals surface area (Å²) in [6, 6.07) is 2.12. The number of benzene rings is 1. The number of aromatic nitrogens is 4. The van der Waals surface area contributed by atoms with Crippen LogP contribution < -0.4 is 5.32 Å². The molecule has 0 amide bonds. The summed E-state index contributed by atoms with van der Waals surface area (Å²) in [5.41, 5.74) is -0.281. The Labute approximate surface area is 129 Å². The van der Waals surface area contributed by atoms with Gasteiger partial charge in [0, 0.05) is 4.47 Å². The highest BCUT2D eigenvalue weighted by molar-refractivity contribution is 9.10. The third kappa shape index (κ3) is 3.62. The second-order valence-electron chi connectivity index (χ2n) is 5.19. The molecule has 114 valence electrons. The largest absolute Gasteiger partial charge is 0.307 e. The summed E-state index contributed by atoms with van der Waals surface area (Å²) in [4.78, 5) is 0. The lowest BCUT2D eigenvalue weighted by Crippen LogP contribution is -2.26. The van der Waals surface area contributed by atoms with Crippen LogP contribution in [0.5, 0.6) is 0 Å². The molecule has 5 nitrogen and oxygen atoms in total. The van der Waals surface area contributed by atoms with E-state index in [1.165, 1.54) is 12.1 Å². The third-order valence-corrected chi connectivity index (χ3v) is 3.36. The maximum absolute atomic E-state index is 14.0. The van der Waals surface area contributed by atoms with Gasteiger partial charge in [0.2, 0.25) is 0 Å². The molecule has 0 fully saturated rings. The molecule has 1 aromatic heterocycles. The van der Waals surface area contributed by atoms with Crippen LogP contribution in [-0.4, -0.2) is 26.8 Å². The highest BCUT2D eigenvalue weighted by Crippen LogP contribution is 2.24. The van der Waals surface area contributed by atoms with Crippen molar-refractivity contribution in [3.8, 4) is 5.69 Å². The van der Waals surface area contributed by atoms with E-state index in [4.69, 9.17) is 0 Å². The Morgan fingerprint density at radius 2 is 1.86 bits per heavy atom. The van der Waals surface area contributed by atoms with Crippen molar-refractivity contribution in [3.63, 3.8) is 0 Å². The summed E-state index contributed by atoms with van der Waals surface area (Å²) in [6.07, 6.45) is 0. The van der Waals surface area contributed by atoms with Gasteiger partial charge >= 0.3 is 0 Å². The fourth-order valence-electron chi connectivity index (χ4n) is 1.86. The summed E-state index contributed by atoms with van der Waals surface area (Å²) in [5.74, 6) is -0.660.